The van der Waals surface area contributed by atoms with Crippen molar-refractivity contribution in [2.75, 3.05) is 0 Å². The summed E-state index contributed by atoms with van der Waals surface area (Å²) >= 11 is 0. The molecule has 10 rings (SSSR count). The van der Waals surface area contributed by atoms with Gasteiger partial charge in [-0.1, -0.05) is 60.7 Å². The minimum atomic E-state index is 1.06. The average Bonchev–Trinajstić information content (AvgIpc) is 3.50. The first-order chi connectivity index (χ1) is 13.9. The third-order valence-electron chi connectivity index (χ3n) is 11.7. The zero-order valence-electron chi connectivity index (χ0n) is 16.3. The van der Waals surface area contributed by atoms with Crippen molar-refractivity contribution in [1.29, 1.82) is 0 Å². The molecule has 0 N–H and O–H groups in total. The van der Waals surface area contributed by atoms with Gasteiger partial charge in [-0.05, 0) is 107 Å². The molecule has 0 saturated heterocycles. The maximum absolute atomic E-state index is 2.40. The summed E-state index contributed by atoms with van der Waals surface area (Å²) in [7, 11) is 0. The monoisotopic (exact) mass is 364 g/mol. The predicted molar refractivity (Wildman–Crippen MR) is 109 cm³/mol. The van der Waals surface area contributed by atoms with E-state index in [9.17, 15) is 0 Å². The molecule has 0 atom stereocenters. The van der Waals surface area contributed by atoms with Crippen molar-refractivity contribution in [3.05, 3.63) is 71.8 Å². The summed E-state index contributed by atoms with van der Waals surface area (Å²) in [5, 5.41) is 0. The van der Waals surface area contributed by atoms with Crippen LogP contribution in [0.4, 0.5) is 0 Å². The first-order valence-electron chi connectivity index (χ1n) is 12.0. The van der Waals surface area contributed by atoms with Gasteiger partial charge < -0.3 is 0 Å². The molecule has 0 nitrogen and oxygen atoms in total. The first kappa shape index (κ1) is 14.4. The molecule has 0 unspecified atom stereocenters. The second kappa shape index (κ2) is 4.45. The van der Waals surface area contributed by atoms with Crippen LogP contribution in [0, 0.1) is 82.9 Å². The molecule has 28 heavy (non-hydrogen) atoms. The summed E-state index contributed by atoms with van der Waals surface area (Å²) < 4.78 is 0. The lowest BCUT2D eigenvalue weighted by molar-refractivity contribution is 0.220. The fourth-order valence-corrected chi connectivity index (χ4v) is 12.3. The SMILES string of the molecule is c1ccc(CC2C3C4C5C2C2C3C3C6C(Cc7ccccc7)C(C43)C5C62)cc1. The van der Waals surface area contributed by atoms with Crippen molar-refractivity contribution in [1.82, 2.24) is 0 Å². The lowest BCUT2D eigenvalue weighted by atomic mass is 9.80. The van der Waals surface area contributed by atoms with E-state index in [1.807, 2.05) is 0 Å². The minimum Gasteiger partial charge on any atom is -0.0622 e. The van der Waals surface area contributed by atoms with Crippen LogP contribution in [0.3, 0.4) is 0 Å². The van der Waals surface area contributed by atoms with Crippen molar-refractivity contribution in [3.63, 3.8) is 0 Å². The Kier molecular flexibility index (Phi) is 2.29. The molecule has 0 heterocycles. The average molecular weight is 365 g/mol. The van der Waals surface area contributed by atoms with Crippen molar-refractivity contribution in [2.45, 2.75) is 12.8 Å². The van der Waals surface area contributed by atoms with E-state index in [2.05, 4.69) is 60.7 Å². The lowest BCUT2D eigenvalue weighted by Gasteiger charge is -2.24. The number of hydrogen-bond donors (Lipinski definition) is 0. The van der Waals surface area contributed by atoms with E-state index in [-0.39, 0.29) is 0 Å². The Morgan fingerprint density at radius 3 is 0.929 bits per heavy atom. The molecule has 0 heteroatoms. The Morgan fingerprint density at radius 1 is 0.357 bits per heavy atom. The van der Waals surface area contributed by atoms with Gasteiger partial charge in [-0.25, -0.2) is 0 Å². The zero-order chi connectivity index (χ0) is 17.7. The van der Waals surface area contributed by atoms with Gasteiger partial charge in [0.15, 0.2) is 0 Å². The molecule has 140 valence electrons. The standard InChI is InChI=1S/C28H28/c1-3-7-13(8-4-1)11-15-17-21-23-18(15)24-22(17)26-20-16(12-14-9-5-2-6-10-14)19(25(21)26)27(23)28(20)24/h1-10,15-28H,11-12H2. The summed E-state index contributed by atoms with van der Waals surface area (Å²) in [5.41, 5.74) is 3.25. The van der Waals surface area contributed by atoms with Crippen molar-refractivity contribution < 1.29 is 0 Å². The van der Waals surface area contributed by atoms with Crippen LogP contribution in [0.5, 0.6) is 0 Å². The van der Waals surface area contributed by atoms with Gasteiger partial charge in [-0.3, -0.25) is 0 Å². The Morgan fingerprint density at radius 2 is 0.643 bits per heavy atom. The second-order valence-electron chi connectivity index (χ2n) is 11.6. The molecule has 0 aliphatic heterocycles. The Bertz CT molecular complexity index is 808. The van der Waals surface area contributed by atoms with Gasteiger partial charge in [0.2, 0.25) is 0 Å². The van der Waals surface area contributed by atoms with E-state index in [0.717, 1.165) is 82.9 Å². The van der Waals surface area contributed by atoms with Gasteiger partial charge in [0.25, 0.3) is 0 Å². The minimum absolute atomic E-state index is 1.06. The summed E-state index contributed by atoms with van der Waals surface area (Å²) in [6.07, 6.45) is 2.80. The molecule has 8 fully saturated rings. The molecule has 4 bridgehead atoms. The van der Waals surface area contributed by atoms with E-state index < -0.39 is 0 Å². The normalized spacial score (nSPS) is 59.0. The maximum atomic E-state index is 2.40. The Labute approximate surface area is 167 Å². The van der Waals surface area contributed by atoms with E-state index in [1.54, 1.807) is 11.1 Å². The smallest absolute Gasteiger partial charge is 0.0245 e. The maximum Gasteiger partial charge on any atom is -0.0245 e. The van der Waals surface area contributed by atoms with Crippen LogP contribution < -0.4 is 0 Å². The number of hydrogen-bond acceptors (Lipinski definition) is 0. The zero-order valence-corrected chi connectivity index (χ0v) is 16.3. The van der Waals surface area contributed by atoms with Crippen LogP contribution in [0.15, 0.2) is 60.7 Å². The van der Waals surface area contributed by atoms with Gasteiger partial charge in [0.1, 0.15) is 0 Å². The summed E-state index contributed by atoms with van der Waals surface area (Å²) in [5.74, 6) is 16.0. The highest BCUT2D eigenvalue weighted by atomic mass is 15.0. The Balaban J connectivity index is 1.10. The molecule has 8 saturated carbocycles. The third-order valence-corrected chi connectivity index (χ3v) is 11.7. The molecule has 0 amide bonds. The summed E-state index contributed by atoms with van der Waals surface area (Å²) in [6.45, 7) is 0. The number of rotatable bonds is 4. The fraction of sp³-hybridized carbons (Fsp3) is 0.571. The van der Waals surface area contributed by atoms with Crippen molar-refractivity contribution in [3.8, 4) is 0 Å². The van der Waals surface area contributed by atoms with Crippen LogP contribution in [-0.4, -0.2) is 0 Å². The van der Waals surface area contributed by atoms with E-state index in [0.29, 0.717) is 0 Å². The molecule has 8 aliphatic carbocycles. The van der Waals surface area contributed by atoms with Gasteiger partial charge in [-0.15, -0.1) is 0 Å². The second-order valence-corrected chi connectivity index (χ2v) is 11.6. The molecule has 0 spiro atoms. The molecule has 2 aromatic carbocycles. The van der Waals surface area contributed by atoms with E-state index in [4.69, 9.17) is 0 Å². The largest absolute Gasteiger partial charge is 0.0622 e. The van der Waals surface area contributed by atoms with Crippen molar-refractivity contribution >= 4 is 0 Å². The highest BCUT2D eigenvalue weighted by molar-refractivity contribution is 5.39. The summed E-state index contributed by atoms with van der Waals surface area (Å²) in [6, 6.07) is 23.0. The quantitative estimate of drug-likeness (QED) is 0.700. The third kappa shape index (κ3) is 1.28. The Hall–Kier alpha value is -1.56. The summed E-state index contributed by atoms with van der Waals surface area (Å²) in [4.78, 5) is 0. The highest BCUT2D eigenvalue weighted by Crippen LogP contribution is 2.94. The molecule has 8 aliphatic rings. The van der Waals surface area contributed by atoms with Gasteiger partial charge in [-0.2, -0.15) is 0 Å². The van der Waals surface area contributed by atoms with Crippen LogP contribution >= 0.6 is 0 Å². The number of benzene rings is 2. The topological polar surface area (TPSA) is 0 Å². The predicted octanol–water partition coefficient (Wildman–Crippen LogP) is 5.19. The van der Waals surface area contributed by atoms with Gasteiger partial charge >= 0.3 is 0 Å². The fourth-order valence-electron chi connectivity index (χ4n) is 12.3. The molecular formula is C28H28. The van der Waals surface area contributed by atoms with Crippen LogP contribution in [0.25, 0.3) is 0 Å². The van der Waals surface area contributed by atoms with Gasteiger partial charge in [0.05, 0.1) is 0 Å². The van der Waals surface area contributed by atoms with E-state index >= 15 is 0 Å². The van der Waals surface area contributed by atoms with Crippen LogP contribution in [0.1, 0.15) is 11.1 Å². The van der Waals surface area contributed by atoms with Crippen molar-refractivity contribution in [2.24, 2.45) is 82.9 Å². The molecule has 0 radical (unpaired) electrons. The highest BCUT2D eigenvalue weighted by Gasteiger charge is 2.91. The van der Waals surface area contributed by atoms with E-state index in [1.165, 1.54) is 12.8 Å². The first-order valence-corrected chi connectivity index (χ1v) is 12.0. The van der Waals surface area contributed by atoms with Crippen LogP contribution in [0.2, 0.25) is 0 Å². The molecule has 2 aromatic rings. The lowest BCUT2D eigenvalue weighted by Crippen LogP contribution is -2.21. The molecular weight excluding hydrogens is 336 g/mol. The molecule has 0 aromatic heterocycles. The van der Waals surface area contributed by atoms with Gasteiger partial charge in [0, 0.05) is 0 Å². The van der Waals surface area contributed by atoms with Crippen LogP contribution in [-0.2, 0) is 12.8 Å².